The summed E-state index contributed by atoms with van der Waals surface area (Å²) >= 11 is -1.62. The molecule has 0 aliphatic carbocycles. The Morgan fingerprint density at radius 1 is 1.27 bits per heavy atom. The maximum atomic E-state index is 12.7. The highest BCUT2D eigenvalue weighted by molar-refractivity contribution is 7.91. The number of hydrogen-bond acceptors (Lipinski definition) is 4. The number of carboxylic acid groups (broad SMARTS) is 1. The van der Waals surface area contributed by atoms with Gasteiger partial charge in [-0.15, -0.1) is 0 Å². The van der Waals surface area contributed by atoms with Gasteiger partial charge in [0.05, 0.1) is 16.6 Å². The highest BCUT2D eigenvalue weighted by Crippen LogP contribution is 2.38. The monoisotopic (exact) mass is 317 g/mol. The van der Waals surface area contributed by atoms with Crippen molar-refractivity contribution in [1.82, 2.24) is 0 Å². The molecule has 7 heteroatoms. The lowest BCUT2D eigenvalue weighted by molar-refractivity contribution is -0.385. The Morgan fingerprint density at radius 2 is 2.00 bits per heavy atom. The number of non-ortho nitro benzene ring substituents is 1. The van der Waals surface area contributed by atoms with E-state index in [1.807, 2.05) is 19.1 Å². The Labute approximate surface area is 128 Å². The molecule has 1 atom stereocenters. The van der Waals surface area contributed by atoms with Crippen LogP contribution in [0.5, 0.6) is 0 Å². The molecule has 0 fully saturated rings. The Hall–Kier alpha value is -2.38. The molecule has 0 saturated carbocycles. The summed E-state index contributed by atoms with van der Waals surface area (Å²) in [6.45, 7) is 1.90. The lowest BCUT2D eigenvalue weighted by atomic mass is 9.97. The normalized spacial score (nSPS) is 15.8. The first kappa shape index (κ1) is 14.6. The van der Waals surface area contributed by atoms with E-state index in [-0.39, 0.29) is 16.1 Å². The molecular formula is C15H11NO5S. The van der Waals surface area contributed by atoms with Gasteiger partial charge in [0.15, 0.2) is 9.79 Å². The minimum Gasteiger partial charge on any atom is -0.606 e. The number of nitro groups is 1. The predicted molar refractivity (Wildman–Crippen MR) is 78.7 cm³/mol. The van der Waals surface area contributed by atoms with Gasteiger partial charge in [-0.25, -0.2) is 4.79 Å². The third-order valence-corrected chi connectivity index (χ3v) is 5.18. The van der Waals surface area contributed by atoms with Crippen molar-refractivity contribution in [3.63, 3.8) is 0 Å². The molecule has 0 spiro atoms. The first-order valence-electron chi connectivity index (χ1n) is 6.44. The average Bonchev–Trinajstić information content (AvgIpc) is 2.46. The molecule has 0 amide bonds. The van der Waals surface area contributed by atoms with Crippen molar-refractivity contribution in [2.45, 2.75) is 23.1 Å². The van der Waals surface area contributed by atoms with Crippen LogP contribution in [-0.2, 0) is 17.6 Å². The standard InChI is InChI=1S/C15H11NO5S/c1-8-2-3-13-9(4-8)5-11-12(15(17)18)6-10(16(19)20)7-14(11)22(13)21/h2-4,6-7H,5H2,1H3,(H,17,18). The second-order valence-electron chi connectivity index (χ2n) is 5.09. The van der Waals surface area contributed by atoms with E-state index in [2.05, 4.69) is 0 Å². The van der Waals surface area contributed by atoms with Crippen LogP contribution in [0.1, 0.15) is 27.0 Å². The number of rotatable bonds is 2. The number of nitro benzene ring substituents is 1. The summed E-state index contributed by atoms with van der Waals surface area (Å²) < 4.78 is 12.7. The lowest BCUT2D eigenvalue weighted by Gasteiger charge is -2.23. The Bertz CT molecular complexity index is 818. The van der Waals surface area contributed by atoms with Crippen LogP contribution < -0.4 is 0 Å². The summed E-state index contributed by atoms with van der Waals surface area (Å²) in [6, 6.07) is 7.64. The first-order valence-corrected chi connectivity index (χ1v) is 7.59. The molecule has 1 aliphatic rings. The van der Waals surface area contributed by atoms with Crippen molar-refractivity contribution in [2.24, 2.45) is 0 Å². The summed E-state index contributed by atoms with van der Waals surface area (Å²) in [7, 11) is 0. The first-order chi connectivity index (χ1) is 10.4. The van der Waals surface area contributed by atoms with Crippen LogP contribution in [0.15, 0.2) is 40.1 Å². The van der Waals surface area contributed by atoms with Crippen LogP contribution in [0, 0.1) is 17.0 Å². The summed E-state index contributed by atoms with van der Waals surface area (Å²) in [4.78, 5) is 22.5. The molecule has 1 N–H and O–H groups in total. The molecular weight excluding hydrogens is 306 g/mol. The second-order valence-corrected chi connectivity index (χ2v) is 6.51. The van der Waals surface area contributed by atoms with Crippen LogP contribution >= 0.6 is 0 Å². The molecule has 6 nitrogen and oxygen atoms in total. The Balaban J connectivity index is 2.26. The highest BCUT2D eigenvalue weighted by atomic mass is 32.2. The van der Waals surface area contributed by atoms with E-state index in [4.69, 9.17) is 0 Å². The topological polar surface area (TPSA) is 104 Å². The fourth-order valence-electron chi connectivity index (χ4n) is 2.61. The number of hydrogen-bond donors (Lipinski definition) is 1. The van der Waals surface area contributed by atoms with E-state index in [0.717, 1.165) is 17.2 Å². The predicted octanol–water partition coefficient (Wildman–Crippen LogP) is 2.67. The van der Waals surface area contributed by atoms with Crippen molar-refractivity contribution < 1.29 is 19.4 Å². The fourth-order valence-corrected chi connectivity index (χ4v) is 4.04. The maximum Gasteiger partial charge on any atom is 0.336 e. The van der Waals surface area contributed by atoms with Crippen molar-refractivity contribution >= 4 is 22.8 Å². The molecule has 0 bridgehead atoms. The van der Waals surface area contributed by atoms with Crippen LogP contribution in [0.3, 0.4) is 0 Å². The van der Waals surface area contributed by atoms with Gasteiger partial charge in [0, 0.05) is 34.8 Å². The van der Waals surface area contributed by atoms with Crippen molar-refractivity contribution in [3.8, 4) is 0 Å². The number of carboxylic acids is 1. The molecule has 112 valence electrons. The second kappa shape index (κ2) is 5.11. The molecule has 3 rings (SSSR count). The van der Waals surface area contributed by atoms with Gasteiger partial charge in [0.25, 0.3) is 5.69 Å². The molecule has 1 heterocycles. The zero-order valence-corrected chi connectivity index (χ0v) is 12.3. The number of fused-ring (bicyclic) bond motifs is 2. The summed E-state index contributed by atoms with van der Waals surface area (Å²) in [5.74, 6) is -1.26. The van der Waals surface area contributed by atoms with Gasteiger partial charge in [0.2, 0.25) is 0 Å². The molecule has 2 aromatic carbocycles. The molecule has 2 aromatic rings. The Morgan fingerprint density at radius 3 is 2.64 bits per heavy atom. The Kier molecular flexibility index (Phi) is 3.38. The number of carbonyl (C=O) groups is 1. The molecule has 0 aromatic heterocycles. The quantitative estimate of drug-likeness (QED) is 0.521. The summed E-state index contributed by atoms with van der Waals surface area (Å²) in [6.07, 6.45) is 0.303. The SMILES string of the molecule is Cc1ccc2c(c1)Cc1c(C(=O)O)cc([N+](=O)[O-])cc1[S+]2[O-]. The minimum atomic E-state index is -1.62. The molecule has 22 heavy (non-hydrogen) atoms. The van der Waals surface area contributed by atoms with Crippen molar-refractivity contribution in [1.29, 1.82) is 0 Å². The average molecular weight is 317 g/mol. The van der Waals surface area contributed by atoms with Gasteiger partial charge < -0.3 is 9.66 Å². The fraction of sp³-hybridized carbons (Fsp3) is 0.133. The summed E-state index contributed by atoms with van der Waals surface area (Å²) in [5.41, 5.74) is 1.64. The smallest absolute Gasteiger partial charge is 0.336 e. The zero-order valence-electron chi connectivity index (χ0n) is 11.5. The van der Waals surface area contributed by atoms with Crippen LogP contribution in [0.25, 0.3) is 0 Å². The van der Waals surface area contributed by atoms with Crippen LogP contribution in [0.2, 0.25) is 0 Å². The van der Waals surface area contributed by atoms with Crippen LogP contribution in [-0.4, -0.2) is 20.6 Å². The molecule has 0 saturated heterocycles. The van der Waals surface area contributed by atoms with E-state index < -0.39 is 22.1 Å². The number of nitrogens with zero attached hydrogens (tertiary/aromatic N) is 1. The van der Waals surface area contributed by atoms with Gasteiger partial charge in [-0.05, 0) is 13.0 Å². The van der Waals surface area contributed by atoms with Crippen molar-refractivity contribution in [3.05, 3.63) is 62.7 Å². The maximum absolute atomic E-state index is 12.7. The number of aromatic carboxylic acids is 1. The van der Waals surface area contributed by atoms with Gasteiger partial charge in [0.1, 0.15) is 0 Å². The van der Waals surface area contributed by atoms with Gasteiger partial charge in [-0.1, -0.05) is 17.7 Å². The van der Waals surface area contributed by atoms with Crippen molar-refractivity contribution in [2.75, 3.05) is 0 Å². The largest absolute Gasteiger partial charge is 0.606 e. The van der Waals surface area contributed by atoms with E-state index >= 15 is 0 Å². The molecule has 1 unspecified atom stereocenters. The summed E-state index contributed by atoms with van der Waals surface area (Å²) in [5, 5.41) is 20.3. The number of benzene rings is 2. The van der Waals surface area contributed by atoms with E-state index in [1.54, 1.807) is 6.07 Å². The third kappa shape index (κ3) is 2.24. The lowest BCUT2D eigenvalue weighted by Crippen LogP contribution is -2.18. The third-order valence-electron chi connectivity index (χ3n) is 3.62. The van der Waals surface area contributed by atoms with Crippen LogP contribution in [0.4, 0.5) is 5.69 Å². The minimum absolute atomic E-state index is 0.162. The number of aryl methyl sites for hydroxylation is 1. The molecule has 1 aliphatic heterocycles. The zero-order chi connectivity index (χ0) is 16.0. The van der Waals surface area contributed by atoms with E-state index in [1.165, 1.54) is 6.07 Å². The molecule has 0 radical (unpaired) electrons. The van der Waals surface area contributed by atoms with Gasteiger partial charge >= 0.3 is 5.97 Å². The van der Waals surface area contributed by atoms with E-state index in [9.17, 15) is 24.6 Å². The van der Waals surface area contributed by atoms with E-state index in [0.29, 0.717) is 16.9 Å². The highest BCUT2D eigenvalue weighted by Gasteiger charge is 2.34. The van der Waals surface area contributed by atoms with Gasteiger partial charge in [-0.3, -0.25) is 10.1 Å². The van der Waals surface area contributed by atoms with Gasteiger partial charge in [-0.2, -0.15) is 0 Å².